The molecule has 0 bridgehead atoms. The van der Waals surface area contributed by atoms with Crippen LogP contribution < -0.4 is 5.46 Å². The van der Waals surface area contributed by atoms with E-state index in [9.17, 15) is 4.39 Å². The molecule has 0 aliphatic carbocycles. The van der Waals surface area contributed by atoms with Gasteiger partial charge < -0.3 is 23.5 Å². The molecule has 21 heavy (non-hydrogen) atoms. The zero-order valence-corrected chi connectivity index (χ0v) is 11.8. The summed E-state index contributed by atoms with van der Waals surface area (Å²) in [6.07, 6.45) is -1.14. The van der Waals surface area contributed by atoms with Crippen LogP contribution in [-0.4, -0.2) is 44.1 Å². The Morgan fingerprint density at radius 3 is 2.67 bits per heavy atom. The van der Waals surface area contributed by atoms with Gasteiger partial charge in [-0.3, -0.25) is 0 Å². The van der Waals surface area contributed by atoms with E-state index >= 15 is 0 Å². The molecule has 3 aliphatic rings. The summed E-state index contributed by atoms with van der Waals surface area (Å²) in [5, 5.41) is 0. The highest BCUT2D eigenvalue weighted by Gasteiger charge is 2.57. The zero-order chi connectivity index (χ0) is 14.6. The SMILES string of the molecule is CC1(C)O[C@H]2O[C@@H]3COB(c4ccc(F)cc4)O[C@@H]3[C@H]2O1. The number of benzene rings is 1. The lowest BCUT2D eigenvalue weighted by Crippen LogP contribution is -2.53. The minimum atomic E-state index is -0.673. The first-order chi connectivity index (χ1) is 10.0. The van der Waals surface area contributed by atoms with E-state index in [0.717, 1.165) is 5.46 Å². The average molecular weight is 294 g/mol. The molecule has 0 spiro atoms. The van der Waals surface area contributed by atoms with E-state index in [-0.39, 0.29) is 24.1 Å². The molecular weight excluding hydrogens is 278 g/mol. The van der Waals surface area contributed by atoms with Crippen LogP contribution in [0, 0.1) is 5.82 Å². The molecule has 0 aromatic heterocycles. The van der Waals surface area contributed by atoms with Crippen molar-refractivity contribution in [2.75, 3.05) is 6.61 Å². The minimum Gasteiger partial charge on any atom is -0.404 e. The van der Waals surface area contributed by atoms with E-state index in [2.05, 4.69) is 0 Å². The third-order valence-corrected chi connectivity index (χ3v) is 3.92. The molecule has 3 heterocycles. The predicted octanol–water partition coefficient (Wildman–Crippen LogP) is 0.813. The first kappa shape index (κ1) is 13.7. The molecule has 5 nitrogen and oxygen atoms in total. The second kappa shape index (κ2) is 4.76. The Balaban J connectivity index is 1.52. The van der Waals surface area contributed by atoms with Gasteiger partial charge in [-0.2, -0.15) is 0 Å². The topological polar surface area (TPSA) is 46.2 Å². The molecule has 1 aromatic carbocycles. The molecule has 0 unspecified atom stereocenters. The third kappa shape index (κ3) is 2.39. The molecule has 3 aliphatic heterocycles. The van der Waals surface area contributed by atoms with E-state index in [1.807, 2.05) is 13.8 Å². The first-order valence-electron chi connectivity index (χ1n) is 7.05. The molecule has 0 radical (unpaired) electrons. The molecular formula is C14H16BFO5. The largest absolute Gasteiger partial charge is 0.494 e. The summed E-state index contributed by atoms with van der Waals surface area (Å²) in [5.74, 6) is -0.959. The smallest absolute Gasteiger partial charge is 0.404 e. The normalized spacial score (nSPS) is 37.4. The van der Waals surface area contributed by atoms with Crippen molar-refractivity contribution in [1.82, 2.24) is 0 Å². The van der Waals surface area contributed by atoms with Crippen LogP contribution in [-0.2, 0) is 23.5 Å². The van der Waals surface area contributed by atoms with E-state index in [1.54, 1.807) is 12.1 Å². The van der Waals surface area contributed by atoms with Gasteiger partial charge in [0, 0.05) is 0 Å². The first-order valence-corrected chi connectivity index (χ1v) is 7.05. The van der Waals surface area contributed by atoms with Crippen LogP contribution in [0.4, 0.5) is 4.39 Å². The van der Waals surface area contributed by atoms with Crippen molar-refractivity contribution in [1.29, 1.82) is 0 Å². The lowest BCUT2D eigenvalue weighted by Gasteiger charge is -2.32. The van der Waals surface area contributed by atoms with Gasteiger partial charge in [0.1, 0.15) is 24.1 Å². The van der Waals surface area contributed by atoms with Crippen molar-refractivity contribution in [3.63, 3.8) is 0 Å². The summed E-state index contributed by atoms with van der Waals surface area (Å²) in [6, 6.07) is 6.09. The number of rotatable bonds is 1. The number of hydrogen-bond acceptors (Lipinski definition) is 5. The van der Waals surface area contributed by atoms with Gasteiger partial charge in [-0.05, 0) is 31.4 Å². The maximum absolute atomic E-state index is 13.0. The van der Waals surface area contributed by atoms with E-state index in [0.29, 0.717) is 6.61 Å². The second-order valence-electron chi connectivity index (χ2n) is 5.96. The fourth-order valence-electron chi connectivity index (χ4n) is 3.00. The summed E-state index contributed by atoms with van der Waals surface area (Å²) in [7, 11) is -0.540. The quantitative estimate of drug-likeness (QED) is 0.717. The summed E-state index contributed by atoms with van der Waals surface area (Å²) in [6.45, 7) is 4.09. The Kier molecular flexibility index (Phi) is 3.10. The van der Waals surface area contributed by atoms with Gasteiger partial charge in [0.2, 0.25) is 0 Å². The van der Waals surface area contributed by atoms with Gasteiger partial charge in [0.15, 0.2) is 12.1 Å². The van der Waals surface area contributed by atoms with Crippen LogP contribution in [0.2, 0.25) is 0 Å². The van der Waals surface area contributed by atoms with Crippen molar-refractivity contribution in [3.05, 3.63) is 30.1 Å². The Hall–Kier alpha value is -0.985. The molecule has 1 aromatic rings. The number of hydrogen-bond donors (Lipinski definition) is 0. The number of fused-ring (bicyclic) bond motifs is 3. The zero-order valence-electron chi connectivity index (χ0n) is 11.8. The van der Waals surface area contributed by atoms with Crippen molar-refractivity contribution < 1.29 is 27.9 Å². The molecule has 0 saturated carbocycles. The Morgan fingerprint density at radius 1 is 1.14 bits per heavy atom. The maximum atomic E-state index is 13.0. The summed E-state index contributed by atoms with van der Waals surface area (Å²) < 4.78 is 41.9. The number of halogens is 1. The molecule has 0 N–H and O–H groups in total. The minimum absolute atomic E-state index is 0.201. The van der Waals surface area contributed by atoms with Crippen LogP contribution >= 0.6 is 0 Å². The van der Waals surface area contributed by atoms with Crippen LogP contribution in [0.15, 0.2) is 24.3 Å². The van der Waals surface area contributed by atoms with Gasteiger partial charge in [-0.25, -0.2) is 4.39 Å². The number of ether oxygens (including phenoxy) is 3. The Bertz CT molecular complexity index is 537. The lowest BCUT2D eigenvalue weighted by molar-refractivity contribution is -0.221. The van der Waals surface area contributed by atoms with Gasteiger partial charge >= 0.3 is 7.12 Å². The summed E-state index contributed by atoms with van der Waals surface area (Å²) >= 11 is 0. The Labute approximate surface area is 122 Å². The third-order valence-electron chi connectivity index (χ3n) is 3.92. The predicted molar refractivity (Wildman–Crippen MR) is 71.3 cm³/mol. The van der Waals surface area contributed by atoms with E-state index < -0.39 is 19.2 Å². The summed E-state index contributed by atoms with van der Waals surface area (Å²) in [4.78, 5) is 0. The van der Waals surface area contributed by atoms with E-state index in [1.165, 1.54) is 12.1 Å². The Morgan fingerprint density at radius 2 is 1.90 bits per heavy atom. The van der Waals surface area contributed by atoms with E-state index in [4.69, 9.17) is 23.5 Å². The van der Waals surface area contributed by atoms with Crippen LogP contribution in [0.5, 0.6) is 0 Å². The van der Waals surface area contributed by atoms with Crippen LogP contribution in [0.25, 0.3) is 0 Å². The summed E-state index contributed by atoms with van der Waals surface area (Å²) in [5.41, 5.74) is 0.775. The molecule has 4 rings (SSSR count). The maximum Gasteiger partial charge on any atom is 0.494 e. The van der Waals surface area contributed by atoms with Crippen molar-refractivity contribution in [2.45, 2.75) is 44.2 Å². The highest BCUT2D eigenvalue weighted by atomic mass is 19.1. The lowest BCUT2D eigenvalue weighted by atomic mass is 9.77. The van der Waals surface area contributed by atoms with Crippen molar-refractivity contribution in [3.8, 4) is 0 Å². The molecule has 4 atom stereocenters. The fraction of sp³-hybridized carbons (Fsp3) is 0.571. The van der Waals surface area contributed by atoms with Crippen molar-refractivity contribution in [2.24, 2.45) is 0 Å². The van der Waals surface area contributed by atoms with Gasteiger partial charge in [-0.1, -0.05) is 12.1 Å². The standard InChI is InChI=1S/C14H16BFO5/c1-14(2)19-12-11-10(18-13(12)20-14)7-17-15(21-11)8-3-5-9(16)6-4-8/h3-6,10-13H,7H2,1-2H3/t10-,11+,12-,13-/m1/s1. The average Bonchev–Trinajstić information content (AvgIpc) is 2.91. The second-order valence-corrected chi connectivity index (χ2v) is 5.96. The molecule has 7 heteroatoms. The van der Waals surface area contributed by atoms with Crippen molar-refractivity contribution >= 4 is 12.6 Å². The van der Waals surface area contributed by atoms with Gasteiger partial charge in [0.25, 0.3) is 0 Å². The molecule has 0 amide bonds. The highest BCUT2D eigenvalue weighted by Crippen LogP contribution is 2.40. The molecule has 3 saturated heterocycles. The monoisotopic (exact) mass is 294 g/mol. The molecule has 3 fully saturated rings. The van der Waals surface area contributed by atoms with Crippen LogP contribution in [0.1, 0.15) is 13.8 Å². The van der Waals surface area contributed by atoms with Gasteiger partial charge in [-0.15, -0.1) is 0 Å². The van der Waals surface area contributed by atoms with Crippen LogP contribution in [0.3, 0.4) is 0 Å². The molecule has 112 valence electrons. The fourth-order valence-corrected chi connectivity index (χ4v) is 3.00. The van der Waals surface area contributed by atoms with Gasteiger partial charge in [0.05, 0.1) is 6.61 Å². The highest BCUT2D eigenvalue weighted by molar-refractivity contribution is 6.61.